The number of nitrogens with zero attached hydrogens (tertiary/aromatic N) is 1. The van der Waals surface area contributed by atoms with E-state index in [9.17, 15) is 4.79 Å². The molecule has 166 valence electrons. The number of carbonyl (C=O) groups is 1. The molecule has 1 heterocycles. The number of hydrogen-bond donors (Lipinski definition) is 0. The van der Waals surface area contributed by atoms with Crippen LogP contribution in [0.4, 0.5) is 0 Å². The molecule has 0 aromatic rings. The van der Waals surface area contributed by atoms with Gasteiger partial charge in [0.15, 0.2) is 0 Å². The molecule has 0 spiro atoms. The topological polar surface area (TPSA) is 57.2 Å². The molecule has 0 N–H and O–H groups in total. The fraction of sp³-hybridized carbons (Fsp3) is 0.870. The number of fused-ring (bicyclic) bond motifs is 1. The molecule has 0 bridgehead atoms. The molecule has 1 aliphatic heterocycles. The number of rotatable bonds is 9. The van der Waals surface area contributed by atoms with Crippen molar-refractivity contribution < 1.29 is 23.7 Å². The molecule has 2 aliphatic carbocycles. The minimum Gasteiger partial charge on any atom is -0.487 e. The van der Waals surface area contributed by atoms with Gasteiger partial charge >= 0.3 is 5.97 Å². The number of hydrogen-bond acceptors (Lipinski definition) is 6. The minimum absolute atomic E-state index is 0.334. The van der Waals surface area contributed by atoms with Gasteiger partial charge in [-0.2, -0.15) is 0 Å². The third kappa shape index (κ3) is 6.69. The van der Waals surface area contributed by atoms with Crippen LogP contribution in [0.25, 0.3) is 0 Å². The molecule has 6 nitrogen and oxygen atoms in total. The molecule has 2 saturated carbocycles. The Morgan fingerprint density at radius 1 is 1.03 bits per heavy atom. The van der Waals surface area contributed by atoms with Crippen LogP contribution in [0.5, 0.6) is 0 Å². The van der Waals surface area contributed by atoms with Gasteiger partial charge in [-0.25, -0.2) is 4.79 Å². The maximum atomic E-state index is 12.0. The first-order chi connectivity index (χ1) is 14.2. The molecular formula is C23H39NO5. The Morgan fingerprint density at radius 2 is 1.79 bits per heavy atom. The Morgan fingerprint density at radius 3 is 2.55 bits per heavy atom. The molecule has 3 fully saturated rings. The summed E-state index contributed by atoms with van der Waals surface area (Å²) in [6, 6.07) is 0.599. The lowest BCUT2D eigenvalue weighted by molar-refractivity contribution is -0.142. The molecule has 0 aromatic carbocycles. The third-order valence-electron chi connectivity index (χ3n) is 6.46. The predicted molar refractivity (Wildman–Crippen MR) is 112 cm³/mol. The van der Waals surface area contributed by atoms with Crippen LogP contribution in [-0.4, -0.2) is 68.6 Å². The third-order valence-corrected chi connectivity index (χ3v) is 6.46. The van der Waals surface area contributed by atoms with Gasteiger partial charge in [0.2, 0.25) is 5.76 Å². The van der Waals surface area contributed by atoms with Gasteiger partial charge in [0, 0.05) is 19.1 Å². The molecule has 29 heavy (non-hydrogen) atoms. The minimum atomic E-state index is -0.348. The number of carbonyl (C=O) groups excluding carboxylic acids is 1. The molecule has 3 rings (SSSR count). The standard InChI is InChI=1S/C23H39NO5/c1-3-26-22(23(25)27-4-2)17-18-9-11-19(12-10-18)28-15-13-24-14-16-29-21-8-6-5-7-20(21)24/h17-21H,3-16H2,1-2H3/b22-17-. The summed E-state index contributed by atoms with van der Waals surface area (Å²) in [5.74, 6) is 0.385. The second-order valence-corrected chi connectivity index (χ2v) is 8.39. The highest BCUT2D eigenvalue weighted by Crippen LogP contribution is 2.30. The van der Waals surface area contributed by atoms with E-state index >= 15 is 0 Å². The molecule has 2 unspecified atom stereocenters. The van der Waals surface area contributed by atoms with E-state index in [2.05, 4.69) is 4.90 Å². The van der Waals surface area contributed by atoms with E-state index in [1.165, 1.54) is 25.7 Å². The van der Waals surface area contributed by atoms with Gasteiger partial charge in [-0.3, -0.25) is 4.90 Å². The van der Waals surface area contributed by atoms with Crippen LogP contribution in [0, 0.1) is 5.92 Å². The Hall–Kier alpha value is -1.11. The van der Waals surface area contributed by atoms with Crippen molar-refractivity contribution >= 4 is 5.97 Å². The van der Waals surface area contributed by atoms with Crippen LogP contribution in [0.3, 0.4) is 0 Å². The highest BCUT2D eigenvalue weighted by atomic mass is 16.6. The molecule has 0 amide bonds. The predicted octanol–water partition coefficient (Wildman–Crippen LogP) is 3.69. The highest BCUT2D eigenvalue weighted by molar-refractivity contribution is 5.86. The summed E-state index contributed by atoms with van der Waals surface area (Å²) in [4.78, 5) is 14.6. The van der Waals surface area contributed by atoms with Crippen molar-refractivity contribution in [2.45, 2.75) is 83.5 Å². The normalized spacial score (nSPS) is 31.2. The van der Waals surface area contributed by atoms with Gasteiger partial charge in [0.1, 0.15) is 0 Å². The number of esters is 1. The lowest BCUT2D eigenvalue weighted by Gasteiger charge is -2.44. The summed E-state index contributed by atoms with van der Waals surface area (Å²) >= 11 is 0. The van der Waals surface area contributed by atoms with Crippen molar-refractivity contribution in [3.63, 3.8) is 0 Å². The summed E-state index contributed by atoms with van der Waals surface area (Å²) in [6.45, 7) is 8.28. The van der Waals surface area contributed by atoms with E-state index in [-0.39, 0.29) is 5.97 Å². The number of ether oxygens (including phenoxy) is 4. The van der Waals surface area contributed by atoms with Crippen LogP contribution < -0.4 is 0 Å². The number of allylic oxidation sites excluding steroid dienone is 1. The maximum absolute atomic E-state index is 12.0. The monoisotopic (exact) mass is 409 g/mol. The number of morpholine rings is 1. The molecule has 6 heteroatoms. The first-order valence-electron chi connectivity index (χ1n) is 11.7. The van der Waals surface area contributed by atoms with E-state index < -0.39 is 0 Å². The Kier molecular flexibility index (Phi) is 9.28. The first kappa shape index (κ1) is 22.6. The Bertz CT molecular complexity index is 527. The van der Waals surface area contributed by atoms with Crippen molar-refractivity contribution in [1.82, 2.24) is 4.90 Å². The molecular weight excluding hydrogens is 370 g/mol. The van der Waals surface area contributed by atoms with Crippen molar-refractivity contribution in [2.24, 2.45) is 5.92 Å². The highest BCUT2D eigenvalue weighted by Gasteiger charge is 2.34. The molecule has 0 radical (unpaired) electrons. The van der Waals surface area contributed by atoms with Crippen molar-refractivity contribution in [1.29, 1.82) is 0 Å². The Labute approximate surface area is 175 Å². The van der Waals surface area contributed by atoms with E-state index in [4.69, 9.17) is 18.9 Å². The zero-order chi connectivity index (χ0) is 20.5. The summed E-state index contributed by atoms with van der Waals surface area (Å²) in [7, 11) is 0. The fourth-order valence-corrected chi connectivity index (χ4v) is 4.96. The zero-order valence-electron chi connectivity index (χ0n) is 18.3. The van der Waals surface area contributed by atoms with Crippen LogP contribution >= 0.6 is 0 Å². The van der Waals surface area contributed by atoms with E-state index in [0.717, 1.165) is 52.0 Å². The van der Waals surface area contributed by atoms with Crippen molar-refractivity contribution in [3.05, 3.63) is 11.8 Å². The molecule has 3 aliphatic rings. The van der Waals surface area contributed by atoms with Gasteiger partial charge in [-0.1, -0.05) is 12.8 Å². The van der Waals surface area contributed by atoms with Gasteiger partial charge in [-0.15, -0.1) is 0 Å². The second kappa shape index (κ2) is 11.9. The summed E-state index contributed by atoms with van der Waals surface area (Å²) in [5.41, 5.74) is 0. The molecule has 0 aromatic heterocycles. The smallest absolute Gasteiger partial charge is 0.373 e. The van der Waals surface area contributed by atoms with Crippen molar-refractivity contribution in [3.8, 4) is 0 Å². The van der Waals surface area contributed by atoms with Crippen LogP contribution in [-0.2, 0) is 23.7 Å². The fourth-order valence-electron chi connectivity index (χ4n) is 4.96. The largest absolute Gasteiger partial charge is 0.487 e. The molecule has 1 saturated heterocycles. The quantitative estimate of drug-likeness (QED) is 0.329. The van der Waals surface area contributed by atoms with Crippen LogP contribution in [0.15, 0.2) is 11.8 Å². The van der Waals surface area contributed by atoms with Gasteiger partial charge in [0.25, 0.3) is 0 Å². The van der Waals surface area contributed by atoms with Gasteiger partial charge in [0.05, 0.1) is 38.6 Å². The van der Waals surface area contributed by atoms with Crippen LogP contribution in [0.1, 0.15) is 65.2 Å². The van der Waals surface area contributed by atoms with Gasteiger partial charge < -0.3 is 18.9 Å². The maximum Gasteiger partial charge on any atom is 0.373 e. The zero-order valence-corrected chi connectivity index (χ0v) is 18.3. The summed E-state index contributed by atoms with van der Waals surface area (Å²) in [6.07, 6.45) is 12.0. The van der Waals surface area contributed by atoms with Gasteiger partial charge in [-0.05, 0) is 64.4 Å². The van der Waals surface area contributed by atoms with E-state index in [1.54, 1.807) is 0 Å². The lowest BCUT2D eigenvalue weighted by Crippen LogP contribution is -2.53. The van der Waals surface area contributed by atoms with E-state index in [0.29, 0.717) is 43.1 Å². The summed E-state index contributed by atoms with van der Waals surface area (Å²) < 4.78 is 22.8. The SMILES string of the molecule is CCOC(=O)/C(=C/C1CCC(OCCN2CCOC3CCCCC32)CC1)OCC. The average molecular weight is 410 g/mol. The lowest BCUT2D eigenvalue weighted by atomic mass is 9.87. The molecule has 2 atom stereocenters. The van der Waals surface area contributed by atoms with Crippen LogP contribution in [0.2, 0.25) is 0 Å². The first-order valence-corrected chi connectivity index (χ1v) is 11.7. The summed E-state index contributed by atoms with van der Waals surface area (Å²) in [5, 5.41) is 0. The van der Waals surface area contributed by atoms with Crippen molar-refractivity contribution in [2.75, 3.05) is 39.5 Å². The van der Waals surface area contributed by atoms with E-state index in [1.807, 2.05) is 19.9 Å². The second-order valence-electron chi connectivity index (χ2n) is 8.39. The average Bonchev–Trinajstić information content (AvgIpc) is 2.75. The Balaban J connectivity index is 1.38.